The molecular weight excluding hydrogens is 289 g/mol. The van der Waals surface area contributed by atoms with Gasteiger partial charge in [-0.2, -0.15) is 11.8 Å². The highest BCUT2D eigenvalue weighted by molar-refractivity contribution is 7.99. The Morgan fingerprint density at radius 2 is 2.10 bits per heavy atom. The topological polar surface area (TPSA) is 50.5 Å². The standard InChI is InChI=1S/C15H24FN3OS/c1-11(2)20-15-10-14(13(17)9-12(15)16)18-3-4-19-5-7-21-8-6-19/h9-11,18H,3-8,17H2,1-2H3. The molecule has 6 heteroatoms. The SMILES string of the molecule is CC(C)Oc1cc(NCCN2CCSCC2)c(N)cc1F. The highest BCUT2D eigenvalue weighted by Gasteiger charge is 2.12. The summed E-state index contributed by atoms with van der Waals surface area (Å²) in [5.74, 6) is 2.23. The van der Waals surface area contributed by atoms with Gasteiger partial charge in [0.05, 0.1) is 17.5 Å². The second-order valence-corrected chi connectivity index (χ2v) is 6.64. The highest BCUT2D eigenvalue weighted by atomic mass is 32.2. The molecule has 0 aromatic heterocycles. The van der Waals surface area contributed by atoms with E-state index in [-0.39, 0.29) is 11.9 Å². The molecule has 3 N–H and O–H groups in total. The van der Waals surface area contributed by atoms with Crippen LogP contribution in [0.3, 0.4) is 0 Å². The second kappa shape index (κ2) is 7.75. The van der Waals surface area contributed by atoms with E-state index in [4.69, 9.17) is 10.5 Å². The minimum Gasteiger partial charge on any atom is -0.488 e. The Morgan fingerprint density at radius 1 is 1.38 bits per heavy atom. The minimum absolute atomic E-state index is 0.0678. The predicted molar refractivity (Wildman–Crippen MR) is 88.8 cm³/mol. The molecule has 0 radical (unpaired) electrons. The van der Waals surface area contributed by atoms with E-state index in [1.165, 1.54) is 17.6 Å². The quantitative estimate of drug-likeness (QED) is 0.791. The van der Waals surface area contributed by atoms with E-state index in [0.717, 1.165) is 31.9 Å². The summed E-state index contributed by atoms with van der Waals surface area (Å²) in [6, 6.07) is 2.97. The molecule has 118 valence electrons. The van der Waals surface area contributed by atoms with Crippen molar-refractivity contribution in [3.63, 3.8) is 0 Å². The number of nitrogen functional groups attached to an aromatic ring is 1. The molecular formula is C15H24FN3OS. The number of rotatable bonds is 6. The number of nitrogens with zero attached hydrogens (tertiary/aromatic N) is 1. The van der Waals surface area contributed by atoms with Gasteiger partial charge in [-0.15, -0.1) is 0 Å². The number of anilines is 2. The Labute approximate surface area is 130 Å². The van der Waals surface area contributed by atoms with Crippen molar-refractivity contribution in [2.75, 3.05) is 48.7 Å². The number of benzene rings is 1. The lowest BCUT2D eigenvalue weighted by atomic mass is 10.2. The van der Waals surface area contributed by atoms with E-state index in [1.807, 2.05) is 25.6 Å². The van der Waals surface area contributed by atoms with Crippen molar-refractivity contribution in [2.24, 2.45) is 0 Å². The van der Waals surface area contributed by atoms with Crippen molar-refractivity contribution in [2.45, 2.75) is 20.0 Å². The van der Waals surface area contributed by atoms with Crippen molar-refractivity contribution in [1.82, 2.24) is 4.90 Å². The molecule has 0 unspecified atom stereocenters. The van der Waals surface area contributed by atoms with Gasteiger partial charge in [0.15, 0.2) is 11.6 Å². The van der Waals surface area contributed by atoms with Crippen molar-refractivity contribution < 1.29 is 9.13 Å². The van der Waals surface area contributed by atoms with E-state index < -0.39 is 5.82 Å². The molecule has 0 amide bonds. The summed E-state index contributed by atoms with van der Waals surface area (Å²) in [5.41, 5.74) is 7.01. The van der Waals surface area contributed by atoms with Gasteiger partial charge in [-0.1, -0.05) is 0 Å². The van der Waals surface area contributed by atoms with Gasteiger partial charge < -0.3 is 15.8 Å². The van der Waals surface area contributed by atoms with E-state index in [1.54, 1.807) is 6.07 Å². The van der Waals surface area contributed by atoms with Gasteiger partial charge in [0, 0.05) is 49.8 Å². The Hall–Kier alpha value is -1.14. The predicted octanol–water partition coefficient (Wildman–Crippen LogP) is 2.66. The third-order valence-corrected chi connectivity index (χ3v) is 4.26. The van der Waals surface area contributed by atoms with Crippen LogP contribution in [0.2, 0.25) is 0 Å². The Balaban J connectivity index is 1.92. The Bertz CT molecular complexity index is 464. The molecule has 0 aliphatic carbocycles. The number of hydrogen-bond donors (Lipinski definition) is 2. The fourth-order valence-corrected chi connectivity index (χ4v) is 3.22. The molecule has 1 aromatic carbocycles. The number of thioether (sulfide) groups is 1. The van der Waals surface area contributed by atoms with Crippen LogP contribution in [0, 0.1) is 5.82 Å². The molecule has 0 saturated carbocycles. The summed E-state index contributed by atoms with van der Waals surface area (Å²) < 4.78 is 19.2. The number of nitrogens with one attached hydrogen (secondary N) is 1. The van der Waals surface area contributed by atoms with Gasteiger partial charge in [0.25, 0.3) is 0 Å². The highest BCUT2D eigenvalue weighted by Crippen LogP contribution is 2.28. The summed E-state index contributed by atoms with van der Waals surface area (Å²) in [6.07, 6.45) is -0.0678. The van der Waals surface area contributed by atoms with Gasteiger partial charge in [-0.3, -0.25) is 4.90 Å². The first-order valence-corrected chi connectivity index (χ1v) is 8.51. The lowest BCUT2D eigenvalue weighted by molar-refractivity contribution is 0.231. The number of nitrogens with two attached hydrogens (primary N) is 1. The van der Waals surface area contributed by atoms with Crippen LogP contribution < -0.4 is 15.8 Å². The molecule has 21 heavy (non-hydrogen) atoms. The fourth-order valence-electron chi connectivity index (χ4n) is 2.24. The average molecular weight is 313 g/mol. The van der Waals surface area contributed by atoms with Crippen LogP contribution in [0.25, 0.3) is 0 Å². The molecule has 2 rings (SSSR count). The third kappa shape index (κ3) is 4.97. The van der Waals surface area contributed by atoms with E-state index >= 15 is 0 Å². The zero-order valence-corrected chi connectivity index (χ0v) is 13.5. The van der Waals surface area contributed by atoms with Gasteiger partial charge in [0.2, 0.25) is 0 Å². The van der Waals surface area contributed by atoms with E-state index in [9.17, 15) is 4.39 Å². The molecule has 4 nitrogen and oxygen atoms in total. The third-order valence-electron chi connectivity index (χ3n) is 3.31. The summed E-state index contributed by atoms with van der Waals surface area (Å²) in [4.78, 5) is 2.43. The van der Waals surface area contributed by atoms with Crippen LogP contribution in [-0.2, 0) is 0 Å². The van der Waals surface area contributed by atoms with Gasteiger partial charge in [0.1, 0.15) is 0 Å². The lowest BCUT2D eigenvalue weighted by Gasteiger charge is -2.26. The lowest BCUT2D eigenvalue weighted by Crippen LogP contribution is -2.36. The van der Waals surface area contributed by atoms with Crippen LogP contribution in [0.5, 0.6) is 5.75 Å². The molecule has 1 aromatic rings. The van der Waals surface area contributed by atoms with Crippen molar-refractivity contribution in [3.05, 3.63) is 17.9 Å². The van der Waals surface area contributed by atoms with E-state index in [2.05, 4.69) is 10.2 Å². The summed E-state index contributed by atoms with van der Waals surface area (Å²) in [7, 11) is 0. The van der Waals surface area contributed by atoms with Gasteiger partial charge in [-0.05, 0) is 13.8 Å². The van der Waals surface area contributed by atoms with Gasteiger partial charge >= 0.3 is 0 Å². The average Bonchev–Trinajstić information content (AvgIpc) is 2.44. The fraction of sp³-hybridized carbons (Fsp3) is 0.600. The smallest absolute Gasteiger partial charge is 0.167 e. The number of halogens is 1. The minimum atomic E-state index is -0.417. The monoisotopic (exact) mass is 313 g/mol. The van der Waals surface area contributed by atoms with Crippen LogP contribution in [0.15, 0.2) is 12.1 Å². The van der Waals surface area contributed by atoms with Crippen molar-refractivity contribution >= 4 is 23.1 Å². The van der Waals surface area contributed by atoms with Crippen LogP contribution >= 0.6 is 11.8 Å². The zero-order chi connectivity index (χ0) is 15.2. The second-order valence-electron chi connectivity index (χ2n) is 5.42. The molecule has 1 heterocycles. The molecule has 1 aliphatic rings. The first kappa shape index (κ1) is 16.2. The van der Waals surface area contributed by atoms with Crippen LogP contribution in [0.1, 0.15) is 13.8 Å². The molecule has 1 fully saturated rings. The molecule has 1 aliphatic heterocycles. The Kier molecular flexibility index (Phi) is 5.99. The van der Waals surface area contributed by atoms with Crippen molar-refractivity contribution in [1.29, 1.82) is 0 Å². The summed E-state index contributed by atoms with van der Waals surface area (Å²) in [6.45, 7) is 7.77. The first-order valence-electron chi connectivity index (χ1n) is 7.36. The van der Waals surface area contributed by atoms with E-state index in [0.29, 0.717) is 5.69 Å². The summed E-state index contributed by atoms with van der Waals surface area (Å²) >= 11 is 2.00. The van der Waals surface area contributed by atoms with Crippen LogP contribution in [-0.4, -0.2) is 48.7 Å². The normalized spacial score (nSPS) is 16.2. The maximum Gasteiger partial charge on any atom is 0.167 e. The number of hydrogen-bond acceptors (Lipinski definition) is 5. The summed E-state index contributed by atoms with van der Waals surface area (Å²) in [5, 5.41) is 3.28. The molecule has 0 bridgehead atoms. The largest absolute Gasteiger partial charge is 0.488 e. The van der Waals surface area contributed by atoms with Crippen molar-refractivity contribution in [3.8, 4) is 5.75 Å². The molecule has 0 spiro atoms. The first-order chi connectivity index (χ1) is 10.1. The zero-order valence-electron chi connectivity index (χ0n) is 12.7. The molecule has 0 atom stereocenters. The Morgan fingerprint density at radius 3 is 2.76 bits per heavy atom. The number of ether oxygens (including phenoxy) is 1. The molecule has 1 saturated heterocycles. The van der Waals surface area contributed by atoms with Gasteiger partial charge in [-0.25, -0.2) is 4.39 Å². The maximum atomic E-state index is 13.8. The van der Waals surface area contributed by atoms with Crippen LogP contribution in [0.4, 0.5) is 15.8 Å². The maximum absolute atomic E-state index is 13.8.